The van der Waals surface area contributed by atoms with Crippen molar-refractivity contribution in [1.29, 1.82) is 0 Å². The summed E-state index contributed by atoms with van der Waals surface area (Å²) in [5, 5.41) is 0. The van der Waals surface area contributed by atoms with Gasteiger partial charge in [0.25, 0.3) is 0 Å². The standard InChI is InChI=1S/C21H27NO3S/c1-14-9-10-19(15(2)11-14)16(3)22-26(23,24)21-13-18-8-6-5-7-17(18)12-20(21)25-4/h9-13,16,22H,5-8H2,1-4H3/t16-/m1/s1. The van der Waals surface area contributed by atoms with Gasteiger partial charge in [0.1, 0.15) is 10.6 Å². The number of methoxy groups -OCH3 is 1. The van der Waals surface area contributed by atoms with Crippen LogP contribution < -0.4 is 9.46 Å². The second-order valence-corrected chi connectivity index (χ2v) is 8.86. The van der Waals surface area contributed by atoms with E-state index < -0.39 is 10.0 Å². The summed E-state index contributed by atoms with van der Waals surface area (Å²) in [6.45, 7) is 5.91. The minimum atomic E-state index is -3.69. The Balaban J connectivity index is 1.95. The molecule has 4 nitrogen and oxygen atoms in total. The molecule has 0 unspecified atom stereocenters. The topological polar surface area (TPSA) is 55.4 Å². The number of ether oxygens (including phenoxy) is 1. The summed E-state index contributed by atoms with van der Waals surface area (Å²) in [5.74, 6) is 0.422. The maximum atomic E-state index is 13.1. The second kappa shape index (κ2) is 7.41. The third kappa shape index (κ3) is 3.79. The van der Waals surface area contributed by atoms with Gasteiger partial charge in [0, 0.05) is 6.04 Å². The van der Waals surface area contributed by atoms with Crippen molar-refractivity contribution in [3.8, 4) is 5.75 Å². The molecular weight excluding hydrogens is 346 g/mol. The molecule has 0 saturated heterocycles. The van der Waals surface area contributed by atoms with Gasteiger partial charge < -0.3 is 4.74 Å². The van der Waals surface area contributed by atoms with Crippen molar-refractivity contribution >= 4 is 10.0 Å². The van der Waals surface area contributed by atoms with E-state index in [0.29, 0.717) is 5.75 Å². The molecular formula is C21H27NO3S. The predicted octanol–water partition coefficient (Wildman–Crippen LogP) is 4.23. The molecule has 1 N–H and O–H groups in total. The van der Waals surface area contributed by atoms with Crippen LogP contribution in [0.1, 0.15) is 53.6 Å². The molecule has 2 aromatic rings. The molecule has 0 heterocycles. The van der Waals surface area contributed by atoms with Crippen molar-refractivity contribution in [2.45, 2.75) is 57.4 Å². The zero-order chi connectivity index (χ0) is 18.9. The summed E-state index contributed by atoms with van der Waals surface area (Å²) < 4.78 is 34.4. The van der Waals surface area contributed by atoms with Crippen molar-refractivity contribution in [3.63, 3.8) is 0 Å². The largest absolute Gasteiger partial charge is 0.495 e. The average Bonchev–Trinajstić information content (AvgIpc) is 2.60. The number of aryl methyl sites for hydroxylation is 4. The summed E-state index contributed by atoms with van der Waals surface area (Å²) in [4.78, 5) is 0.234. The number of hydrogen-bond acceptors (Lipinski definition) is 3. The quantitative estimate of drug-likeness (QED) is 0.853. The minimum Gasteiger partial charge on any atom is -0.495 e. The molecule has 1 aliphatic carbocycles. The first kappa shape index (κ1) is 18.9. The molecule has 1 atom stereocenters. The van der Waals surface area contributed by atoms with E-state index >= 15 is 0 Å². The van der Waals surface area contributed by atoms with Gasteiger partial charge in [0.15, 0.2) is 0 Å². The summed E-state index contributed by atoms with van der Waals surface area (Å²) in [6, 6.07) is 9.44. The van der Waals surface area contributed by atoms with Crippen LogP contribution >= 0.6 is 0 Å². The molecule has 26 heavy (non-hydrogen) atoms. The Morgan fingerprint density at radius 1 is 1.04 bits per heavy atom. The Morgan fingerprint density at radius 3 is 2.31 bits per heavy atom. The first-order chi connectivity index (χ1) is 12.3. The van der Waals surface area contributed by atoms with Crippen LogP contribution in [0.3, 0.4) is 0 Å². The Kier molecular flexibility index (Phi) is 5.39. The predicted molar refractivity (Wildman–Crippen MR) is 104 cm³/mol. The fraction of sp³-hybridized carbons (Fsp3) is 0.429. The molecule has 1 aliphatic rings. The van der Waals surface area contributed by atoms with Gasteiger partial charge in [-0.1, -0.05) is 23.8 Å². The summed E-state index contributed by atoms with van der Waals surface area (Å²) in [5.41, 5.74) is 5.55. The molecule has 0 aromatic heterocycles. The van der Waals surface area contributed by atoms with Gasteiger partial charge in [-0.3, -0.25) is 0 Å². The third-order valence-electron chi connectivity index (χ3n) is 5.14. The number of fused-ring (bicyclic) bond motifs is 1. The highest BCUT2D eigenvalue weighted by Crippen LogP contribution is 2.33. The average molecular weight is 374 g/mol. The van der Waals surface area contributed by atoms with Gasteiger partial charge >= 0.3 is 0 Å². The van der Waals surface area contributed by atoms with Crippen LogP contribution in [0.4, 0.5) is 0 Å². The molecule has 0 saturated carbocycles. The Bertz CT molecular complexity index is 919. The fourth-order valence-electron chi connectivity index (χ4n) is 3.78. The molecule has 0 spiro atoms. The Labute approximate surface area is 156 Å². The minimum absolute atomic E-state index is 0.234. The van der Waals surface area contributed by atoms with Gasteiger partial charge in [-0.05, 0) is 80.8 Å². The zero-order valence-corrected chi connectivity index (χ0v) is 16.7. The monoisotopic (exact) mass is 373 g/mol. The third-order valence-corrected chi connectivity index (χ3v) is 6.70. The first-order valence-corrected chi connectivity index (χ1v) is 10.6. The number of nitrogens with one attached hydrogen (secondary N) is 1. The van der Waals surface area contributed by atoms with Gasteiger partial charge in [0.05, 0.1) is 7.11 Å². The molecule has 3 rings (SSSR count). The van der Waals surface area contributed by atoms with Crippen molar-refractivity contribution in [3.05, 3.63) is 58.1 Å². The molecule has 0 radical (unpaired) electrons. The smallest absolute Gasteiger partial charge is 0.244 e. The molecule has 140 valence electrons. The van der Waals surface area contributed by atoms with Crippen LogP contribution in [-0.2, 0) is 22.9 Å². The second-order valence-electron chi connectivity index (χ2n) is 7.18. The van der Waals surface area contributed by atoms with E-state index in [1.54, 1.807) is 6.07 Å². The SMILES string of the molecule is COc1cc2c(cc1S(=O)(=O)N[C@H](C)c1ccc(C)cc1C)CCCC2. The number of sulfonamides is 1. The molecule has 0 aliphatic heterocycles. The maximum absolute atomic E-state index is 13.1. The number of rotatable bonds is 5. The summed E-state index contributed by atoms with van der Waals surface area (Å²) >= 11 is 0. The maximum Gasteiger partial charge on any atom is 0.244 e. The van der Waals surface area contributed by atoms with Crippen LogP contribution in [0.5, 0.6) is 5.75 Å². The highest BCUT2D eigenvalue weighted by atomic mass is 32.2. The van der Waals surface area contributed by atoms with Gasteiger partial charge in [-0.25, -0.2) is 13.1 Å². The van der Waals surface area contributed by atoms with E-state index in [0.717, 1.165) is 47.9 Å². The molecule has 2 aromatic carbocycles. The van der Waals surface area contributed by atoms with Crippen LogP contribution in [0.25, 0.3) is 0 Å². The van der Waals surface area contributed by atoms with Crippen LogP contribution in [-0.4, -0.2) is 15.5 Å². The van der Waals surface area contributed by atoms with Crippen LogP contribution in [0, 0.1) is 13.8 Å². The summed E-state index contributed by atoms with van der Waals surface area (Å²) in [6.07, 6.45) is 4.16. The van der Waals surface area contributed by atoms with Crippen molar-refractivity contribution in [1.82, 2.24) is 4.72 Å². The number of hydrogen-bond donors (Lipinski definition) is 1. The molecule has 0 fully saturated rings. The Hall–Kier alpha value is -1.85. The molecule has 5 heteroatoms. The first-order valence-electron chi connectivity index (χ1n) is 9.11. The molecule has 0 bridgehead atoms. The van der Waals surface area contributed by atoms with E-state index in [4.69, 9.17) is 4.74 Å². The van der Waals surface area contributed by atoms with Crippen molar-refractivity contribution < 1.29 is 13.2 Å². The van der Waals surface area contributed by atoms with Crippen molar-refractivity contribution in [2.75, 3.05) is 7.11 Å². The molecule has 0 amide bonds. The van der Waals surface area contributed by atoms with Gasteiger partial charge in [-0.2, -0.15) is 0 Å². The van der Waals surface area contributed by atoms with Gasteiger partial charge in [0.2, 0.25) is 10.0 Å². The normalized spacial score (nSPS) is 15.4. The van der Waals surface area contributed by atoms with E-state index in [1.165, 1.54) is 12.7 Å². The van der Waals surface area contributed by atoms with Crippen LogP contribution in [0.2, 0.25) is 0 Å². The lowest BCUT2D eigenvalue weighted by Gasteiger charge is -2.21. The fourth-order valence-corrected chi connectivity index (χ4v) is 5.21. The van der Waals surface area contributed by atoms with Gasteiger partial charge in [-0.15, -0.1) is 0 Å². The van der Waals surface area contributed by atoms with E-state index in [2.05, 4.69) is 10.8 Å². The lowest BCUT2D eigenvalue weighted by atomic mass is 9.92. The summed E-state index contributed by atoms with van der Waals surface area (Å²) in [7, 11) is -2.16. The highest BCUT2D eigenvalue weighted by Gasteiger charge is 2.25. The lowest BCUT2D eigenvalue weighted by Crippen LogP contribution is -2.28. The Morgan fingerprint density at radius 2 is 1.69 bits per heavy atom. The van der Waals surface area contributed by atoms with Crippen molar-refractivity contribution in [2.24, 2.45) is 0 Å². The zero-order valence-electron chi connectivity index (χ0n) is 15.9. The highest BCUT2D eigenvalue weighted by molar-refractivity contribution is 7.89. The lowest BCUT2D eigenvalue weighted by molar-refractivity contribution is 0.400. The number of benzene rings is 2. The van der Waals surface area contributed by atoms with E-state index in [-0.39, 0.29) is 10.9 Å². The van der Waals surface area contributed by atoms with E-state index in [9.17, 15) is 8.42 Å². The van der Waals surface area contributed by atoms with Crippen LogP contribution in [0.15, 0.2) is 35.2 Å². The van der Waals surface area contributed by atoms with E-state index in [1.807, 2.05) is 39.0 Å².